The molecule has 0 unspecified atom stereocenters. The maximum Gasteiger partial charge on any atom is 0.223 e. The van der Waals surface area contributed by atoms with Gasteiger partial charge in [0.1, 0.15) is 5.76 Å². The minimum Gasteiger partial charge on any atom is -0.360 e. The lowest BCUT2D eigenvalue weighted by Crippen LogP contribution is -2.38. The minimum absolute atomic E-state index is 0.0651. The van der Waals surface area contributed by atoms with E-state index in [0.29, 0.717) is 36.1 Å². The van der Waals surface area contributed by atoms with E-state index >= 15 is 0 Å². The number of nitrogens with zero attached hydrogens (tertiary/aromatic N) is 7. The predicted octanol–water partition coefficient (Wildman–Crippen LogP) is 2.00. The minimum atomic E-state index is 0.0651. The summed E-state index contributed by atoms with van der Waals surface area (Å²) in [5.74, 6) is 1.25. The standard InChI is InChI=1S/C17H18ClN7O2/c18-15-10-14(27-22-15)3-4-16(26)24-9-1-2-13(24)11-25-21-17(20-23-25)12-5-7-19-8-6-12/h5-8,10,13H,1-4,9,11H2/t13-/m0/s1. The molecule has 1 amide bonds. The van der Waals surface area contributed by atoms with Crippen molar-refractivity contribution >= 4 is 17.5 Å². The lowest BCUT2D eigenvalue weighted by molar-refractivity contribution is -0.132. The zero-order valence-electron chi connectivity index (χ0n) is 14.5. The van der Waals surface area contributed by atoms with Crippen molar-refractivity contribution in [3.8, 4) is 11.4 Å². The van der Waals surface area contributed by atoms with E-state index in [1.165, 1.54) is 0 Å². The molecule has 1 fully saturated rings. The van der Waals surface area contributed by atoms with Crippen molar-refractivity contribution < 1.29 is 9.32 Å². The van der Waals surface area contributed by atoms with Gasteiger partial charge in [-0.3, -0.25) is 9.78 Å². The van der Waals surface area contributed by atoms with Crippen molar-refractivity contribution in [2.75, 3.05) is 6.54 Å². The number of aromatic nitrogens is 6. The van der Waals surface area contributed by atoms with Gasteiger partial charge < -0.3 is 9.42 Å². The zero-order chi connectivity index (χ0) is 18.6. The highest BCUT2D eigenvalue weighted by molar-refractivity contribution is 6.29. The SMILES string of the molecule is O=C(CCc1cc(Cl)no1)N1CCC[C@H]1Cn1nnc(-c2ccncc2)n1. The number of pyridine rings is 1. The second-order valence-corrected chi connectivity index (χ2v) is 6.79. The van der Waals surface area contributed by atoms with Gasteiger partial charge in [0.25, 0.3) is 0 Å². The van der Waals surface area contributed by atoms with Crippen LogP contribution in [0.1, 0.15) is 25.0 Å². The number of hydrogen-bond donors (Lipinski definition) is 0. The summed E-state index contributed by atoms with van der Waals surface area (Å²) in [5.41, 5.74) is 0.862. The molecule has 0 radical (unpaired) electrons. The van der Waals surface area contributed by atoms with Gasteiger partial charge in [-0.1, -0.05) is 16.8 Å². The fraction of sp³-hybridized carbons (Fsp3) is 0.412. The van der Waals surface area contributed by atoms with Crippen molar-refractivity contribution in [2.45, 2.75) is 38.3 Å². The van der Waals surface area contributed by atoms with E-state index in [1.54, 1.807) is 23.3 Å². The lowest BCUT2D eigenvalue weighted by atomic mass is 10.2. The number of aryl methyl sites for hydroxylation is 1. The molecule has 0 N–H and O–H groups in total. The van der Waals surface area contributed by atoms with Crippen LogP contribution in [0.5, 0.6) is 0 Å². The lowest BCUT2D eigenvalue weighted by Gasteiger charge is -2.24. The Morgan fingerprint density at radius 3 is 2.96 bits per heavy atom. The molecule has 10 heteroatoms. The molecule has 1 saturated heterocycles. The largest absolute Gasteiger partial charge is 0.360 e. The average molecular weight is 388 g/mol. The third-order valence-corrected chi connectivity index (χ3v) is 4.76. The molecule has 4 heterocycles. The fourth-order valence-electron chi connectivity index (χ4n) is 3.26. The molecule has 0 spiro atoms. The highest BCUT2D eigenvalue weighted by Gasteiger charge is 2.29. The smallest absolute Gasteiger partial charge is 0.223 e. The van der Waals surface area contributed by atoms with Gasteiger partial charge in [-0.25, -0.2) is 0 Å². The van der Waals surface area contributed by atoms with Gasteiger partial charge in [-0.15, -0.1) is 10.2 Å². The number of tetrazole rings is 1. The Kier molecular flexibility index (Phi) is 5.10. The third-order valence-electron chi connectivity index (χ3n) is 4.58. The summed E-state index contributed by atoms with van der Waals surface area (Å²) in [6.07, 6.45) is 6.11. The van der Waals surface area contributed by atoms with E-state index in [9.17, 15) is 4.79 Å². The van der Waals surface area contributed by atoms with Crippen molar-refractivity contribution in [3.05, 3.63) is 41.5 Å². The van der Waals surface area contributed by atoms with Gasteiger partial charge in [-0.05, 0) is 30.2 Å². The molecule has 0 aromatic carbocycles. The van der Waals surface area contributed by atoms with Crippen LogP contribution >= 0.6 is 11.6 Å². The Hall–Kier alpha value is -2.81. The molecule has 27 heavy (non-hydrogen) atoms. The molecule has 3 aromatic heterocycles. The van der Waals surface area contributed by atoms with Crippen molar-refractivity contribution in [3.63, 3.8) is 0 Å². The monoisotopic (exact) mass is 387 g/mol. The van der Waals surface area contributed by atoms with Crippen LogP contribution in [0, 0.1) is 0 Å². The summed E-state index contributed by atoms with van der Waals surface area (Å²) in [7, 11) is 0. The molecule has 1 aliphatic rings. The van der Waals surface area contributed by atoms with Crippen LogP contribution in [0.15, 0.2) is 35.1 Å². The van der Waals surface area contributed by atoms with Gasteiger partial charge in [0.2, 0.25) is 11.7 Å². The summed E-state index contributed by atoms with van der Waals surface area (Å²) in [6.45, 7) is 1.27. The second kappa shape index (κ2) is 7.83. The van der Waals surface area contributed by atoms with Crippen LogP contribution in [0.4, 0.5) is 0 Å². The molecule has 0 saturated carbocycles. The zero-order valence-corrected chi connectivity index (χ0v) is 15.3. The van der Waals surface area contributed by atoms with Crippen LogP contribution in [0.3, 0.4) is 0 Å². The molecule has 4 rings (SSSR count). The van der Waals surface area contributed by atoms with E-state index in [0.717, 1.165) is 24.9 Å². The highest BCUT2D eigenvalue weighted by atomic mass is 35.5. The van der Waals surface area contributed by atoms with Crippen molar-refractivity contribution in [1.82, 2.24) is 35.2 Å². The number of amides is 1. The fourth-order valence-corrected chi connectivity index (χ4v) is 3.41. The predicted molar refractivity (Wildman–Crippen MR) is 95.6 cm³/mol. The molecule has 0 aliphatic carbocycles. The van der Waals surface area contributed by atoms with Crippen LogP contribution in [-0.2, 0) is 17.8 Å². The van der Waals surface area contributed by atoms with Gasteiger partial charge in [0.05, 0.1) is 12.6 Å². The van der Waals surface area contributed by atoms with Gasteiger partial charge in [0, 0.05) is 43.4 Å². The van der Waals surface area contributed by atoms with Crippen LogP contribution in [-0.4, -0.2) is 53.7 Å². The Labute approximate surface area is 160 Å². The Morgan fingerprint density at radius 1 is 1.33 bits per heavy atom. The molecular formula is C17H18ClN7O2. The van der Waals surface area contributed by atoms with Crippen LogP contribution < -0.4 is 0 Å². The number of rotatable bonds is 6. The number of halogens is 1. The Morgan fingerprint density at radius 2 is 2.19 bits per heavy atom. The maximum atomic E-state index is 12.6. The first kappa shape index (κ1) is 17.6. The molecule has 0 bridgehead atoms. The summed E-state index contributed by atoms with van der Waals surface area (Å²) in [6, 6.07) is 5.37. The first-order valence-electron chi connectivity index (χ1n) is 8.78. The number of carbonyl (C=O) groups excluding carboxylic acids is 1. The number of likely N-dealkylation sites (tertiary alicyclic amines) is 1. The van der Waals surface area contributed by atoms with Crippen LogP contribution in [0.2, 0.25) is 5.15 Å². The Balaban J connectivity index is 1.37. The first-order chi connectivity index (χ1) is 13.2. The summed E-state index contributed by atoms with van der Waals surface area (Å²) >= 11 is 5.74. The summed E-state index contributed by atoms with van der Waals surface area (Å²) in [4.78, 5) is 20.1. The molecule has 140 valence electrons. The van der Waals surface area contributed by atoms with E-state index < -0.39 is 0 Å². The van der Waals surface area contributed by atoms with Gasteiger partial charge in [-0.2, -0.15) is 4.80 Å². The van der Waals surface area contributed by atoms with Crippen molar-refractivity contribution in [1.29, 1.82) is 0 Å². The van der Waals surface area contributed by atoms with E-state index in [-0.39, 0.29) is 11.9 Å². The third kappa shape index (κ3) is 4.13. The number of carbonyl (C=O) groups is 1. The average Bonchev–Trinajstić information content (AvgIpc) is 3.42. The quantitative estimate of drug-likeness (QED) is 0.637. The molecular weight excluding hydrogens is 370 g/mol. The van der Waals surface area contributed by atoms with Crippen molar-refractivity contribution in [2.24, 2.45) is 0 Å². The normalized spacial score (nSPS) is 16.8. The molecule has 3 aromatic rings. The van der Waals surface area contributed by atoms with Gasteiger partial charge in [0.15, 0.2) is 5.15 Å². The molecule has 1 atom stereocenters. The summed E-state index contributed by atoms with van der Waals surface area (Å²) in [5, 5.41) is 16.6. The van der Waals surface area contributed by atoms with Crippen LogP contribution in [0.25, 0.3) is 11.4 Å². The van der Waals surface area contributed by atoms with Gasteiger partial charge >= 0.3 is 0 Å². The molecule has 1 aliphatic heterocycles. The van der Waals surface area contributed by atoms with E-state index in [2.05, 4.69) is 25.6 Å². The molecule has 9 nitrogen and oxygen atoms in total. The maximum absolute atomic E-state index is 12.6. The Bertz CT molecular complexity index is 911. The highest BCUT2D eigenvalue weighted by Crippen LogP contribution is 2.21. The first-order valence-corrected chi connectivity index (χ1v) is 9.15. The second-order valence-electron chi connectivity index (χ2n) is 6.40. The summed E-state index contributed by atoms with van der Waals surface area (Å²) < 4.78 is 5.06. The topological polar surface area (TPSA) is 103 Å². The number of hydrogen-bond acceptors (Lipinski definition) is 7. The van der Waals surface area contributed by atoms with E-state index in [4.69, 9.17) is 16.1 Å². The van der Waals surface area contributed by atoms with E-state index in [1.807, 2.05) is 17.0 Å².